The van der Waals surface area contributed by atoms with Gasteiger partial charge in [0.2, 0.25) is 5.91 Å². The number of aromatic nitrogens is 1. The van der Waals surface area contributed by atoms with Crippen molar-refractivity contribution in [2.45, 2.75) is 38.2 Å². The van der Waals surface area contributed by atoms with E-state index in [9.17, 15) is 4.79 Å². The summed E-state index contributed by atoms with van der Waals surface area (Å²) >= 11 is 0. The Kier molecular flexibility index (Phi) is 4.46. The first kappa shape index (κ1) is 17.5. The molecule has 1 aliphatic carbocycles. The van der Waals surface area contributed by atoms with Crippen LogP contribution in [0.5, 0.6) is 5.75 Å². The zero-order chi connectivity index (χ0) is 19.1. The van der Waals surface area contributed by atoms with Crippen LogP contribution in [-0.4, -0.2) is 48.6 Å². The number of pyridine rings is 1. The lowest BCUT2D eigenvalue weighted by Crippen LogP contribution is -2.31. The first-order valence-corrected chi connectivity index (χ1v) is 10.4. The normalized spacial score (nSPS) is 21.5. The maximum absolute atomic E-state index is 12.2. The van der Waals surface area contributed by atoms with Crippen LogP contribution in [0.3, 0.4) is 0 Å². The number of rotatable bonds is 4. The van der Waals surface area contributed by atoms with Crippen molar-refractivity contribution < 1.29 is 9.53 Å². The maximum Gasteiger partial charge on any atom is 0.225 e. The Morgan fingerprint density at radius 3 is 2.86 bits per heavy atom. The fourth-order valence-corrected chi connectivity index (χ4v) is 4.41. The molecule has 0 spiro atoms. The molecule has 0 N–H and O–H groups in total. The van der Waals surface area contributed by atoms with E-state index in [2.05, 4.69) is 41.2 Å². The third kappa shape index (κ3) is 3.46. The lowest BCUT2D eigenvalue weighted by Gasteiger charge is -2.27. The van der Waals surface area contributed by atoms with E-state index in [0.29, 0.717) is 12.5 Å². The summed E-state index contributed by atoms with van der Waals surface area (Å²) in [6.07, 6.45) is 9.09. The summed E-state index contributed by atoms with van der Waals surface area (Å²) in [6.45, 7) is 2.63. The third-order valence-corrected chi connectivity index (χ3v) is 6.16. The molecule has 3 heterocycles. The highest BCUT2D eigenvalue weighted by molar-refractivity contribution is 5.81. The molecule has 28 heavy (non-hydrogen) atoms. The largest absolute Gasteiger partial charge is 0.487 e. The number of carbonyl (C=O) groups excluding carboxylic acids is 1. The summed E-state index contributed by atoms with van der Waals surface area (Å²) < 4.78 is 6.18. The van der Waals surface area contributed by atoms with Gasteiger partial charge in [0.1, 0.15) is 11.9 Å². The number of anilines is 1. The average Bonchev–Trinajstić information content (AvgIpc) is 3.47. The quantitative estimate of drug-likeness (QED) is 0.818. The van der Waals surface area contributed by atoms with E-state index < -0.39 is 0 Å². The number of carbonyl (C=O) groups is 1. The van der Waals surface area contributed by atoms with Crippen LogP contribution in [0.25, 0.3) is 11.1 Å². The predicted octanol–water partition coefficient (Wildman–Crippen LogP) is 3.52. The number of nitrogens with zero attached hydrogens (tertiary/aromatic N) is 3. The summed E-state index contributed by atoms with van der Waals surface area (Å²) in [5, 5.41) is 0. The van der Waals surface area contributed by atoms with Crippen molar-refractivity contribution in [1.82, 2.24) is 9.88 Å². The number of aryl methyl sites for hydroxylation is 1. The zero-order valence-electron chi connectivity index (χ0n) is 16.4. The van der Waals surface area contributed by atoms with Crippen LogP contribution in [0.2, 0.25) is 0 Å². The highest BCUT2D eigenvalue weighted by Crippen LogP contribution is 2.34. The van der Waals surface area contributed by atoms with Gasteiger partial charge in [-0.25, -0.2) is 0 Å². The fourth-order valence-electron chi connectivity index (χ4n) is 4.41. The maximum atomic E-state index is 12.2. The van der Waals surface area contributed by atoms with Gasteiger partial charge in [-0.2, -0.15) is 0 Å². The molecular weight excluding hydrogens is 350 g/mol. The molecular formula is C23H27N3O2. The van der Waals surface area contributed by atoms with Gasteiger partial charge in [0, 0.05) is 49.9 Å². The molecule has 5 heteroatoms. The van der Waals surface area contributed by atoms with E-state index in [1.807, 2.05) is 11.1 Å². The van der Waals surface area contributed by atoms with E-state index in [4.69, 9.17) is 4.74 Å². The zero-order valence-corrected chi connectivity index (χ0v) is 16.4. The van der Waals surface area contributed by atoms with Gasteiger partial charge in [-0.3, -0.25) is 9.78 Å². The van der Waals surface area contributed by atoms with Crippen molar-refractivity contribution >= 4 is 11.6 Å². The van der Waals surface area contributed by atoms with E-state index in [-0.39, 0.29) is 12.0 Å². The number of benzene rings is 1. The summed E-state index contributed by atoms with van der Waals surface area (Å²) in [5.74, 6) is 1.39. The van der Waals surface area contributed by atoms with Gasteiger partial charge in [-0.15, -0.1) is 0 Å². The minimum Gasteiger partial charge on any atom is -0.487 e. The van der Waals surface area contributed by atoms with E-state index in [1.54, 1.807) is 6.20 Å². The molecule has 0 radical (unpaired) electrons. The van der Waals surface area contributed by atoms with Crippen LogP contribution in [0.15, 0.2) is 36.7 Å². The van der Waals surface area contributed by atoms with E-state index >= 15 is 0 Å². The molecule has 1 saturated heterocycles. The number of hydrogen-bond acceptors (Lipinski definition) is 4. The van der Waals surface area contributed by atoms with Gasteiger partial charge in [-0.1, -0.05) is 6.07 Å². The van der Waals surface area contributed by atoms with Crippen LogP contribution >= 0.6 is 0 Å². The van der Waals surface area contributed by atoms with Gasteiger partial charge in [0.15, 0.2) is 0 Å². The molecule has 1 saturated carbocycles. The second kappa shape index (κ2) is 7.12. The summed E-state index contributed by atoms with van der Waals surface area (Å²) in [7, 11) is 2.16. The van der Waals surface area contributed by atoms with Crippen molar-refractivity contribution in [2.24, 2.45) is 5.92 Å². The summed E-state index contributed by atoms with van der Waals surface area (Å²) in [6, 6.07) is 8.76. The molecule has 1 aromatic heterocycles. The van der Waals surface area contributed by atoms with E-state index in [0.717, 1.165) is 50.1 Å². The highest BCUT2D eigenvalue weighted by Gasteiger charge is 2.37. The van der Waals surface area contributed by atoms with Crippen LogP contribution in [0.1, 0.15) is 31.2 Å². The van der Waals surface area contributed by atoms with Crippen molar-refractivity contribution in [3.63, 3.8) is 0 Å². The monoisotopic (exact) mass is 377 g/mol. The second-order valence-corrected chi connectivity index (χ2v) is 8.36. The van der Waals surface area contributed by atoms with Gasteiger partial charge >= 0.3 is 0 Å². The SMILES string of the molecule is CN1CCCc2cc(-c3cncc(O[C@H]4CCN(C(=O)C5CC5)C4)c3)ccc21. The molecule has 2 fully saturated rings. The van der Waals surface area contributed by atoms with Crippen molar-refractivity contribution in [1.29, 1.82) is 0 Å². The predicted molar refractivity (Wildman–Crippen MR) is 110 cm³/mol. The Balaban J connectivity index is 1.30. The summed E-state index contributed by atoms with van der Waals surface area (Å²) in [4.78, 5) is 20.9. The topological polar surface area (TPSA) is 45.7 Å². The smallest absolute Gasteiger partial charge is 0.225 e. The lowest BCUT2D eigenvalue weighted by atomic mass is 9.97. The Bertz CT molecular complexity index is 893. The molecule has 1 aromatic carbocycles. The number of fused-ring (bicyclic) bond motifs is 1. The number of likely N-dealkylation sites (tertiary alicyclic amines) is 1. The third-order valence-electron chi connectivity index (χ3n) is 6.16. The molecule has 3 aliphatic rings. The molecule has 0 unspecified atom stereocenters. The standard InChI is InChI=1S/C23H27N3O2/c1-25-9-2-3-18-11-17(6-7-22(18)25)19-12-21(14-24-13-19)28-20-8-10-26(15-20)23(27)16-4-5-16/h6-7,11-14,16,20H,2-5,8-10,15H2,1H3/t20-/m0/s1. The first-order valence-electron chi connectivity index (χ1n) is 10.4. The van der Waals surface area contributed by atoms with Gasteiger partial charge in [0.25, 0.3) is 0 Å². The Labute approximate surface area is 166 Å². The molecule has 5 nitrogen and oxygen atoms in total. The van der Waals surface area contributed by atoms with Crippen molar-refractivity contribution in [3.8, 4) is 16.9 Å². The van der Waals surface area contributed by atoms with Crippen LogP contribution < -0.4 is 9.64 Å². The minimum atomic E-state index is 0.0666. The number of amides is 1. The lowest BCUT2D eigenvalue weighted by molar-refractivity contribution is -0.131. The fraction of sp³-hybridized carbons (Fsp3) is 0.478. The molecule has 2 aromatic rings. The number of hydrogen-bond donors (Lipinski definition) is 0. The minimum absolute atomic E-state index is 0.0666. The van der Waals surface area contributed by atoms with Crippen LogP contribution in [-0.2, 0) is 11.2 Å². The van der Waals surface area contributed by atoms with Crippen molar-refractivity contribution in [3.05, 3.63) is 42.2 Å². The molecule has 0 bridgehead atoms. The van der Waals surface area contributed by atoms with Crippen LogP contribution in [0, 0.1) is 5.92 Å². The number of ether oxygens (including phenoxy) is 1. The van der Waals surface area contributed by atoms with Gasteiger partial charge < -0.3 is 14.5 Å². The Morgan fingerprint density at radius 2 is 2.00 bits per heavy atom. The molecule has 1 amide bonds. The van der Waals surface area contributed by atoms with E-state index in [1.165, 1.54) is 23.2 Å². The van der Waals surface area contributed by atoms with Crippen molar-refractivity contribution in [2.75, 3.05) is 31.6 Å². The van der Waals surface area contributed by atoms with Gasteiger partial charge in [-0.05, 0) is 55.0 Å². The highest BCUT2D eigenvalue weighted by atomic mass is 16.5. The molecule has 5 rings (SSSR count). The second-order valence-electron chi connectivity index (χ2n) is 8.36. The molecule has 146 valence electrons. The van der Waals surface area contributed by atoms with Gasteiger partial charge in [0.05, 0.1) is 12.7 Å². The summed E-state index contributed by atoms with van der Waals surface area (Å²) in [5.41, 5.74) is 5.01. The van der Waals surface area contributed by atoms with Crippen LogP contribution in [0.4, 0.5) is 5.69 Å². The Morgan fingerprint density at radius 1 is 1.11 bits per heavy atom. The Hall–Kier alpha value is -2.56. The molecule has 2 aliphatic heterocycles. The first-order chi connectivity index (χ1) is 13.7. The average molecular weight is 377 g/mol. The molecule has 1 atom stereocenters.